The van der Waals surface area contributed by atoms with Crippen molar-refractivity contribution in [3.05, 3.63) is 35.9 Å². The predicted octanol–water partition coefficient (Wildman–Crippen LogP) is 3.94. The van der Waals surface area contributed by atoms with Gasteiger partial charge in [-0.15, -0.1) is 0 Å². The average Bonchev–Trinajstić information content (AvgIpc) is 3.28. The highest BCUT2D eigenvalue weighted by Crippen LogP contribution is 2.53. The van der Waals surface area contributed by atoms with Gasteiger partial charge in [0, 0.05) is 5.41 Å². The van der Waals surface area contributed by atoms with Crippen molar-refractivity contribution in [2.45, 2.75) is 57.5 Å². The fraction of sp³-hybridized carbons (Fsp3) is 0.619. The van der Waals surface area contributed by atoms with E-state index in [0.717, 1.165) is 44.5 Å². The summed E-state index contributed by atoms with van der Waals surface area (Å²) in [5, 5.41) is 11.7. The van der Waals surface area contributed by atoms with E-state index < -0.39 is 5.60 Å². The highest BCUT2D eigenvalue weighted by molar-refractivity contribution is 5.36. The Morgan fingerprint density at radius 3 is 2.35 bits per heavy atom. The van der Waals surface area contributed by atoms with Gasteiger partial charge >= 0.3 is 0 Å². The molecule has 1 aromatic carbocycles. The van der Waals surface area contributed by atoms with E-state index in [4.69, 9.17) is 0 Å². The maximum atomic E-state index is 11.7. The summed E-state index contributed by atoms with van der Waals surface area (Å²) < 4.78 is 0. The largest absolute Gasteiger partial charge is 0.373 e. The molecule has 1 aliphatic carbocycles. The standard InChI is InChI=1S/C21H29NO/c1-2-20(13-6-7-14-20)21(23,19-11-4-3-5-12-19)15-10-18-22-16-8-9-17-22/h3-5,11-12,23H,2,6-9,13-14,16-18H2,1H3/t21-/m1/s1. The van der Waals surface area contributed by atoms with Gasteiger partial charge in [0.25, 0.3) is 0 Å². The molecule has 2 heteroatoms. The third-order valence-corrected chi connectivity index (χ3v) is 5.97. The van der Waals surface area contributed by atoms with Crippen LogP contribution in [0.2, 0.25) is 0 Å². The number of aliphatic hydroxyl groups is 1. The fourth-order valence-corrected chi connectivity index (χ4v) is 4.43. The summed E-state index contributed by atoms with van der Waals surface area (Å²) >= 11 is 0. The molecule has 0 unspecified atom stereocenters. The number of rotatable bonds is 4. The number of benzene rings is 1. The van der Waals surface area contributed by atoms with Gasteiger partial charge in [-0.05, 0) is 50.8 Å². The average molecular weight is 311 g/mol. The van der Waals surface area contributed by atoms with Gasteiger partial charge in [0.2, 0.25) is 0 Å². The molecule has 2 aliphatic rings. The van der Waals surface area contributed by atoms with E-state index in [0.29, 0.717) is 0 Å². The van der Waals surface area contributed by atoms with Crippen molar-refractivity contribution in [3.8, 4) is 11.8 Å². The molecule has 2 nitrogen and oxygen atoms in total. The van der Waals surface area contributed by atoms with Crippen LogP contribution in [0.15, 0.2) is 30.3 Å². The topological polar surface area (TPSA) is 23.5 Å². The Balaban J connectivity index is 1.91. The third-order valence-electron chi connectivity index (χ3n) is 5.97. The molecular weight excluding hydrogens is 282 g/mol. The smallest absolute Gasteiger partial charge is 0.156 e. The van der Waals surface area contributed by atoms with E-state index >= 15 is 0 Å². The Kier molecular flexibility index (Phi) is 5.09. The molecule has 0 amide bonds. The Morgan fingerprint density at radius 2 is 1.74 bits per heavy atom. The second-order valence-electron chi connectivity index (χ2n) is 7.20. The van der Waals surface area contributed by atoms with Crippen molar-refractivity contribution in [1.82, 2.24) is 4.90 Å². The first-order valence-electron chi connectivity index (χ1n) is 9.20. The molecule has 1 N–H and O–H groups in total. The van der Waals surface area contributed by atoms with Crippen LogP contribution in [0.5, 0.6) is 0 Å². The lowest BCUT2D eigenvalue weighted by Gasteiger charge is -2.42. The van der Waals surface area contributed by atoms with Gasteiger partial charge in [-0.25, -0.2) is 0 Å². The molecule has 1 atom stereocenters. The monoisotopic (exact) mass is 311 g/mol. The molecule has 2 fully saturated rings. The fourth-order valence-electron chi connectivity index (χ4n) is 4.43. The van der Waals surface area contributed by atoms with Crippen LogP contribution in [0.4, 0.5) is 0 Å². The molecule has 0 spiro atoms. The number of hydrogen-bond acceptors (Lipinski definition) is 2. The van der Waals surface area contributed by atoms with E-state index in [2.05, 4.69) is 23.7 Å². The van der Waals surface area contributed by atoms with Crippen LogP contribution in [0.3, 0.4) is 0 Å². The highest BCUT2D eigenvalue weighted by Gasteiger charge is 2.50. The molecule has 124 valence electrons. The van der Waals surface area contributed by atoms with Gasteiger partial charge in [-0.3, -0.25) is 4.90 Å². The zero-order valence-electron chi connectivity index (χ0n) is 14.4. The van der Waals surface area contributed by atoms with Crippen molar-refractivity contribution in [2.24, 2.45) is 5.41 Å². The van der Waals surface area contributed by atoms with Crippen molar-refractivity contribution in [1.29, 1.82) is 0 Å². The van der Waals surface area contributed by atoms with Crippen molar-refractivity contribution in [3.63, 3.8) is 0 Å². The number of likely N-dealkylation sites (tertiary alicyclic amines) is 1. The lowest BCUT2D eigenvalue weighted by Crippen LogP contribution is -2.43. The molecule has 23 heavy (non-hydrogen) atoms. The minimum absolute atomic E-state index is 0.0909. The number of nitrogens with zero attached hydrogens (tertiary/aromatic N) is 1. The second-order valence-corrected chi connectivity index (χ2v) is 7.20. The van der Waals surface area contributed by atoms with Gasteiger partial charge in [0.15, 0.2) is 5.60 Å². The molecule has 1 saturated carbocycles. The predicted molar refractivity (Wildman–Crippen MR) is 95.0 cm³/mol. The molecule has 0 radical (unpaired) electrons. The maximum absolute atomic E-state index is 11.7. The maximum Gasteiger partial charge on any atom is 0.156 e. The first-order chi connectivity index (χ1) is 11.2. The molecule has 1 saturated heterocycles. The van der Waals surface area contributed by atoms with E-state index in [1.165, 1.54) is 25.7 Å². The lowest BCUT2D eigenvalue weighted by atomic mass is 9.65. The summed E-state index contributed by atoms with van der Waals surface area (Å²) in [6.07, 6.45) is 8.11. The van der Waals surface area contributed by atoms with Gasteiger partial charge in [0.05, 0.1) is 6.54 Å². The van der Waals surface area contributed by atoms with Gasteiger partial charge in [-0.2, -0.15) is 0 Å². The first kappa shape index (κ1) is 16.6. The first-order valence-corrected chi connectivity index (χ1v) is 9.20. The van der Waals surface area contributed by atoms with Crippen LogP contribution in [0, 0.1) is 17.3 Å². The van der Waals surface area contributed by atoms with Crippen LogP contribution in [0.1, 0.15) is 57.4 Å². The van der Waals surface area contributed by atoms with Gasteiger partial charge < -0.3 is 5.11 Å². The molecule has 0 aromatic heterocycles. The van der Waals surface area contributed by atoms with Gasteiger partial charge in [0.1, 0.15) is 0 Å². The SMILES string of the molecule is CCC1([C@@](O)(C#CCN2CCCC2)c2ccccc2)CCCC1. The van der Waals surface area contributed by atoms with Crippen LogP contribution < -0.4 is 0 Å². The highest BCUT2D eigenvalue weighted by atomic mass is 16.3. The molecule has 1 heterocycles. The van der Waals surface area contributed by atoms with Crippen LogP contribution >= 0.6 is 0 Å². The quantitative estimate of drug-likeness (QED) is 0.851. The second kappa shape index (κ2) is 7.07. The lowest BCUT2D eigenvalue weighted by molar-refractivity contribution is -0.0422. The minimum atomic E-state index is -1.01. The van der Waals surface area contributed by atoms with Crippen LogP contribution in [-0.4, -0.2) is 29.6 Å². The Bertz CT molecular complexity index is 558. The molecule has 1 aromatic rings. The van der Waals surface area contributed by atoms with E-state index in [-0.39, 0.29) is 5.41 Å². The summed E-state index contributed by atoms with van der Waals surface area (Å²) in [5.74, 6) is 6.67. The van der Waals surface area contributed by atoms with Crippen molar-refractivity contribution in [2.75, 3.05) is 19.6 Å². The Hall–Kier alpha value is -1.30. The zero-order chi connectivity index (χ0) is 16.2. The van der Waals surface area contributed by atoms with Crippen molar-refractivity contribution < 1.29 is 5.11 Å². The zero-order valence-corrected chi connectivity index (χ0v) is 14.4. The molecule has 0 bridgehead atoms. The summed E-state index contributed by atoms with van der Waals surface area (Å²) in [6.45, 7) is 5.30. The van der Waals surface area contributed by atoms with Crippen LogP contribution in [0.25, 0.3) is 0 Å². The van der Waals surface area contributed by atoms with Crippen LogP contribution in [-0.2, 0) is 5.60 Å². The summed E-state index contributed by atoms with van der Waals surface area (Å²) in [4.78, 5) is 2.39. The van der Waals surface area contributed by atoms with Crippen molar-refractivity contribution >= 4 is 0 Å². The summed E-state index contributed by atoms with van der Waals surface area (Å²) in [6, 6.07) is 10.1. The van der Waals surface area contributed by atoms with E-state index in [9.17, 15) is 5.11 Å². The number of hydrogen-bond donors (Lipinski definition) is 1. The third kappa shape index (κ3) is 3.18. The Labute approximate surface area is 140 Å². The molecule has 1 aliphatic heterocycles. The normalized spacial score (nSPS) is 23.2. The van der Waals surface area contributed by atoms with E-state index in [1.807, 2.05) is 30.3 Å². The molecular formula is C21H29NO. The summed E-state index contributed by atoms with van der Waals surface area (Å²) in [7, 11) is 0. The van der Waals surface area contributed by atoms with Gasteiger partial charge in [-0.1, -0.05) is 61.9 Å². The van der Waals surface area contributed by atoms with E-state index in [1.54, 1.807) is 0 Å². The Morgan fingerprint density at radius 1 is 1.09 bits per heavy atom. The molecule has 3 rings (SSSR count). The summed E-state index contributed by atoms with van der Waals surface area (Å²) in [5.41, 5.74) is -0.135. The minimum Gasteiger partial charge on any atom is -0.373 e.